The number of aromatic amines is 1. The molecule has 1 aromatic heterocycles. The lowest BCUT2D eigenvalue weighted by molar-refractivity contribution is -0.130. The second kappa shape index (κ2) is 11.0. The number of nitrogens with zero attached hydrogens (tertiary/aromatic N) is 2. The fourth-order valence-corrected chi connectivity index (χ4v) is 6.68. The highest BCUT2D eigenvalue weighted by Gasteiger charge is 2.43. The van der Waals surface area contributed by atoms with Crippen LogP contribution in [0.4, 0.5) is 0 Å². The molecular formula is C29H36N4O4. The van der Waals surface area contributed by atoms with Gasteiger partial charge in [-0.15, -0.1) is 0 Å². The Bertz CT molecular complexity index is 1210. The Morgan fingerprint density at radius 1 is 1.19 bits per heavy atom. The minimum absolute atomic E-state index is 0.174. The van der Waals surface area contributed by atoms with E-state index in [0.29, 0.717) is 49.1 Å². The third kappa shape index (κ3) is 5.22. The number of ketones is 1. The molecule has 1 aliphatic heterocycles. The number of rotatable bonds is 6. The quantitative estimate of drug-likeness (QED) is 0.607. The van der Waals surface area contributed by atoms with Gasteiger partial charge < -0.3 is 19.9 Å². The van der Waals surface area contributed by atoms with Crippen molar-refractivity contribution in [3.63, 3.8) is 0 Å². The zero-order chi connectivity index (χ0) is 25.9. The van der Waals surface area contributed by atoms with Crippen LogP contribution in [0.1, 0.15) is 74.7 Å². The Morgan fingerprint density at radius 2 is 1.97 bits per heavy atom. The molecule has 0 bridgehead atoms. The number of nitrogens with one attached hydrogen (secondary N) is 2. The van der Waals surface area contributed by atoms with Gasteiger partial charge in [0.15, 0.2) is 0 Å². The maximum atomic E-state index is 13.8. The van der Waals surface area contributed by atoms with Crippen LogP contribution in [0, 0.1) is 29.1 Å². The highest BCUT2D eigenvalue weighted by atomic mass is 16.5. The van der Waals surface area contributed by atoms with Crippen molar-refractivity contribution in [2.45, 2.75) is 76.3 Å². The SMILES string of the molecule is COc1cccc2[nH]c(C(=O)N3CC4CCCCC4CC3C(=O)NC(C#N)CC3CCCCC3=O)cc12. The Kier molecular flexibility index (Phi) is 7.50. The van der Waals surface area contributed by atoms with Gasteiger partial charge in [-0.1, -0.05) is 31.7 Å². The first kappa shape index (κ1) is 25.3. The Hall–Kier alpha value is -3.34. The van der Waals surface area contributed by atoms with Crippen molar-refractivity contribution in [2.75, 3.05) is 13.7 Å². The molecule has 3 fully saturated rings. The molecule has 2 heterocycles. The molecule has 5 unspecified atom stereocenters. The van der Waals surface area contributed by atoms with Gasteiger partial charge in [-0.05, 0) is 62.1 Å². The van der Waals surface area contributed by atoms with E-state index in [-0.39, 0.29) is 23.5 Å². The van der Waals surface area contributed by atoms with E-state index in [9.17, 15) is 19.6 Å². The number of nitriles is 1. The number of ether oxygens (including phenoxy) is 1. The predicted octanol–water partition coefficient (Wildman–Crippen LogP) is 4.36. The summed E-state index contributed by atoms with van der Waals surface area (Å²) in [5.74, 6) is 0.979. The molecule has 2 saturated carbocycles. The van der Waals surface area contributed by atoms with E-state index in [0.717, 1.165) is 55.8 Å². The topological polar surface area (TPSA) is 115 Å². The first-order valence-corrected chi connectivity index (χ1v) is 13.7. The highest BCUT2D eigenvalue weighted by molar-refractivity contribution is 6.01. The van der Waals surface area contributed by atoms with Crippen molar-refractivity contribution in [1.82, 2.24) is 15.2 Å². The molecule has 5 atom stereocenters. The van der Waals surface area contributed by atoms with Gasteiger partial charge in [0, 0.05) is 29.8 Å². The monoisotopic (exact) mass is 504 g/mol. The summed E-state index contributed by atoms with van der Waals surface area (Å²) in [6.45, 7) is 0.534. The number of piperidine rings is 1. The van der Waals surface area contributed by atoms with E-state index in [2.05, 4.69) is 16.4 Å². The summed E-state index contributed by atoms with van der Waals surface area (Å²) in [5.41, 5.74) is 1.23. The molecule has 2 aromatic rings. The molecule has 8 nitrogen and oxygen atoms in total. The molecule has 5 rings (SSSR count). The first-order valence-electron chi connectivity index (χ1n) is 13.7. The van der Waals surface area contributed by atoms with E-state index in [4.69, 9.17) is 4.74 Å². The number of carbonyl (C=O) groups is 3. The number of benzene rings is 1. The van der Waals surface area contributed by atoms with Gasteiger partial charge in [0.2, 0.25) is 5.91 Å². The molecule has 0 radical (unpaired) electrons. The van der Waals surface area contributed by atoms with Gasteiger partial charge in [0.25, 0.3) is 5.91 Å². The van der Waals surface area contributed by atoms with Crippen LogP contribution >= 0.6 is 0 Å². The fraction of sp³-hybridized carbons (Fsp3) is 0.586. The number of hydrogen-bond donors (Lipinski definition) is 2. The molecule has 2 N–H and O–H groups in total. The van der Waals surface area contributed by atoms with E-state index in [1.54, 1.807) is 18.1 Å². The average molecular weight is 505 g/mol. The van der Waals surface area contributed by atoms with E-state index in [1.807, 2.05) is 18.2 Å². The highest BCUT2D eigenvalue weighted by Crippen LogP contribution is 2.39. The summed E-state index contributed by atoms with van der Waals surface area (Å²) in [4.78, 5) is 44.7. The average Bonchev–Trinajstić information content (AvgIpc) is 3.37. The number of H-pyrrole nitrogens is 1. The summed E-state index contributed by atoms with van der Waals surface area (Å²) in [6.07, 6.45) is 8.58. The summed E-state index contributed by atoms with van der Waals surface area (Å²) < 4.78 is 5.46. The number of hydrogen-bond acceptors (Lipinski definition) is 5. The van der Waals surface area contributed by atoms with Crippen LogP contribution in [0.15, 0.2) is 24.3 Å². The van der Waals surface area contributed by atoms with Crippen LogP contribution in [0.2, 0.25) is 0 Å². The standard InChI is InChI=1S/C29H36N4O4/c1-37-27-12-6-10-23-22(27)15-24(32-23)29(36)33-17-20-9-3-2-7-18(20)14-25(33)28(35)31-21(16-30)13-19-8-4-5-11-26(19)34/h6,10,12,15,18-21,25,32H,2-5,7-9,11,13-14,17H2,1H3,(H,31,35). The van der Waals surface area contributed by atoms with Gasteiger partial charge in [-0.3, -0.25) is 14.4 Å². The second-order valence-electron chi connectivity index (χ2n) is 11.0. The molecular weight excluding hydrogens is 468 g/mol. The van der Waals surface area contributed by atoms with E-state index in [1.165, 1.54) is 0 Å². The van der Waals surface area contributed by atoms with Crippen molar-refractivity contribution in [2.24, 2.45) is 17.8 Å². The zero-order valence-corrected chi connectivity index (χ0v) is 21.5. The second-order valence-corrected chi connectivity index (χ2v) is 11.0. The summed E-state index contributed by atoms with van der Waals surface area (Å²) in [5, 5.41) is 13.5. The van der Waals surface area contributed by atoms with Crippen molar-refractivity contribution in [3.8, 4) is 11.8 Å². The summed E-state index contributed by atoms with van der Waals surface area (Å²) in [6, 6.07) is 8.24. The smallest absolute Gasteiger partial charge is 0.270 e. The summed E-state index contributed by atoms with van der Waals surface area (Å²) >= 11 is 0. The Labute approximate surface area is 217 Å². The van der Waals surface area contributed by atoms with E-state index < -0.39 is 12.1 Å². The minimum Gasteiger partial charge on any atom is -0.496 e. The molecule has 1 saturated heterocycles. The number of amides is 2. The third-order valence-electron chi connectivity index (χ3n) is 8.71. The molecule has 0 spiro atoms. The lowest BCUT2D eigenvalue weighted by Gasteiger charge is -2.45. The van der Waals surface area contributed by atoms with Crippen molar-refractivity contribution < 1.29 is 19.1 Å². The molecule has 1 aromatic carbocycles. The maximum Gasteiger partial charge on any atom is 0.270 e. The van der Waals surface area contributed by atoms with Gasteiger partial charge in [0.05, 0.1) is 13.2 Å². The van der Waals surface area contributed by atoms with Gasteiger partial charge in [-0.25, -0.2) is 0 Å². The molecule has 2 aliphatic carbocycles. The lowest BCUT2D eigenvalue weighted by Crippen LogP contribution is -2.58. The number of carbonyl (C=O) groups excluding carboxylic acids is 3. The molecule has 37 heavy (non-hydrogen) atoms. The first-order chi connectivity index (χ1) is 18.0. The predicted molar refractivity (Wildman–Crippen MR) is 139 cm³/mol. The van der Waals surface area contributed by atoms with Crippen LogP contribution < -0.4 is 10.1 Å². The molecule has 2 amide bonds. The Morgan fingerprint density at radius 3 is 2.73 bits per heavy atom. The van der Waals surface area contributed by atoms with Crippen molar-refractivity contribution >= 4 is 28.5 Å². The lowest BCUT2D eigenvalue weighted by atomic mass is 9.72. The Balaban J connectivity index is 1.37. The zero-order valence-electron chi connectivity index (χ0n) is 21.5. The third-order valence-corrected chi connectivity index (χ3v) is 8.71. The summed E-state index contributed by atoms with van der Waals surface area (Å²) in [7, 11) is 1.60. The molecule has 3 aliphatic rings. The minimum atomic E-state index is -0.738. The normalized spacial score (nSPS) is 26.7. The number of methoxy groups -OCH3 is 1. The van der Waals surface area contributed by atoms with Crippen LogP contribution in [-0.4, -0.2) is 53.2 Å². The molecule has 8 heteroatoms. The van der Waals surface area contributed by atoms with Gasteiger partial charge in [0.1, 0.15) is 29.3 Å². The van der Waals surface area contributed by atoms with Crippen LogP contribution in [0.5, 0.6) is 5.75 Å². The largest absolute Gasteiger partial charge is 0.496 e. The van der Waals surface area contributed by atoms with Crippen molar-refractivity contribution in [3.05, 3.63) is 30.0 Å². The fourth-order valence-electron chi connectivity index (χ4n) is 6.68. The van der Waals surface area contributed by atoms with Crippen molar-refractivity contribution in [1.29, 1.82) is 5.26 Å². The maximum absolute atomic E-state index is 13.8. The number of likely N-dealkylation sites (tertiary alicyclic amines) is 1. The number of aromatic nitrogens is 1. The molecule has 196 valence electrons. The number of Topliss-reactive ketones (excluding diaryl/α,β-unsaturated/α-hetero) is 1. The van der Waals surface area contributed by atoms with Gasteiger partial charge in [-0.2, -0.15) is 5.26 Å². The van der Waals surface area contributed by atoms with Gasteiger partial charge >= 0.3 is 0 Å². The van der Waals surface area contributed by atoms with Crippen LogP contribution in [0.25, 0.3) is 10.9 Å². The van der Waals surface area contributed by atoms with Crippen LogP contribution in [0.3, 0.4) is 0 Å². The van der Waals surface area contributed by atoms with Crippen LogP contribution in [-0.2, 0) is 9.59 Å². The van der Waals surface area contributed by atoms with E-state index >= 15 is 0 Å². The number of fused-ring (bicyclic) bond motifs is 2.